The summed E-state index contributed by atoms with van der Waals surface area (Å²) in [5.41, 5.74) is 10.4. The van der Waals surface area contributed by atoms with Crippen LogP contribution in [-0.4, -0.2) is 48.6 Å². The zero-order valence-electron chi connectivity index (χ0n) is 17.4. The highest BCUT2D eigenvalue weighted by Crippen LogP contribution is 2.44. The summed E-state index contributed by atoms with van der Waals surface area (Å²) in [6, 6.07) is 7.87. The average molecular weight is 409 g/mol. The molecule has 3 aliphatic heterocycles. The summed E-state index contributed by atoms with van der Waals surface area (Å²) in [6.07, 6.45) is 4.42. The number of fused-ring (bicyclic) bond motifs is 4. The lowest BCUT2D eigenvalue weighted by molar-refractivity contribution is -0.155. The van der Waals surface area contributed by atoms with Crippen molar-refractivity contribution in [2.75, 3.05) is 26.7 Å². The summed E-state index contributed by atoms with van der Waals surface area (Å²) < 4.78 is 11.3. The molecule has 5 rings (SSSR count). The minimum absolute atomic E-state index is 0.125. The second-order valence-electron chi connectivity index (χ2n) is 8.16. The van der Waals surface area contributed by atoms with Crippen molar-refractivity contribution in [2.24, 2.45) is 17.0 Å². The topological polar surface area (TPSA) is 100 Å². The van der Waals surface area contributed by atoms with Gasteiger partial charge in [-0.05, 0) is 67.4 Å². The number of hydrogen-bond acceptors (Lipinski definition) is 6. The van der Waals surface area contributed by atoms with Crippen LogP contribution in [0.15, 0.2) is 35.6 Å². The lowest BCUT2D eigenvalue weighted by Gasteiger charge is -2.52. The predicted molar refractivity (Wildman–Crippen MR) is 113 cm³/mol. The van der Waals surface area contributed by atoms with Gasteiger partial charge in [0, 0.05) is 42.1 Å². The standard InChI is InChI=1S/C22H27N5O3/c1-14(28)30-22(18-6-8-24-20-4-3-17(29-2)12-19(18)20)21-11-15-7-10-27(21)13-16(15)5-9-25-26-23/h3-4,6,8,12,15-16,21-22H,5,7,9-11,13H2,1-2H3/t15-,16-,21-,22+/m0/s1. The van der Waals surface area contributed by atoms with Crippen LogP contribution in [0.5, 0.6) is 5.75 Å². The fraction of sp³-hybridized carbons (Fsp3) is 0.545. The molecule has 0 radical (unpaired) electrons. The Morgan fingerprint density at radius 1 is 1.43 bits per heavy atom. The lowest BCUT2D eigenvalue weighted by Crippen LogP contribution is -2.55. The Hall–Kier alpha value is -2.83. The molecule has 0 spiro atoms. The first-order chi connectivity index (χ1) is 14.6. The van der Waals surface area contributed by atoms with E-state index in [1.54, 1.807) is 13.3 Å². The van der Waals surface area contributed by atoms with Crippen LogP contribution in [0.25, 0.3) is 21.3 Å². The molecule has 4 heterocycles. The number of hydrogen-bond donors (Lipinski definition) is 0. The predicted octanol–water partition coefficient (Wildman–Crippen LogP) is 4.26. The van der Waals surface area contributed by atoms with Gasteiger partial charge >= 0.3 is 5.97 Å². The van der Waals surface area contributed by atoms with Gasteiger partial charge in [-0.1, -0.05) is 5.11 Å². The third-order valence-electron chi connectivity index (χ3n) is 6.53. The number of piperidine rings is 3. The van der Waals surface area contributed by atoms with Crippen molar-refractivity contribution in [1.29, 1.82) is 0 Å². The van der Waals surface area contributed by atoms with Gasteiger partial charge in [-0.3, -0.25) is 14.7 Å². The highest BCUT2D eigenvalue weighted by atomic mass is 16.5. The van der Waals surface area contributed by atoms with E-state index in [4.69, 9.17) is 15.0 Å². The first kappa shape index (κ1) is 20.4. The molecule has 158 valence electrons. The fourth-order valence-corrected chi connectivity index (χ4v) is 5.14. The smallest absolute Gasteiger partial charge is 0.303 e. The van der Waals surface area contributed by atoms with Crippen molar-refractivity contribution in [3.63, 3.8) is 0 Å². The molecule has 3 fully saturated rings. The van der Waals surface area contributed by atoms with E-state index in [1.807, 2.05) is 24.3 Å². The first-order valence-electron chi connectivity index (χ1n) is 10.5. The summed E-state index contributed by atoms with van der Waals surface area (Å²) in [6.45, 7) is 3.95. The molecule has 8 nitrogen and oxygen atoms in total. The van der Waals surface area contributed by atoms with Crippen LogP contribution in [0.1, 0.15) is 37.9 Å². The Morgan fingerprint density at radius 2 is 2.30 bits per heavy atom. The van der Waals surface area contributed by atoms with Crippen LogP contribution in [0.3, 0.4) is 0 Å². The normalized spacial score (nSPS) is 26.1. The molecule has 2 aromatic rings. The van der Waals surface area contributed by atoms with Gasteiger partial charge in [0.1, 0.15) is 11.9 Å². The molecule has 3 saturated heterocycles. The van der Waals surface area contributed by atoms with Gasteiger partial charge in [-0.25, -0.2) is 0 Å². The summed E-state index contributed by atoms with van der Waals surface area (Å²) in [5.74, 6) is 1.54. The van der Waals surface area contributed by atoms with Crippen molar-refractivity contribution in [2.45, 2.75) is 38.3 Å². The van der Waals surface area contributed by atoms with Gasteiger partial charge in [-0.15, -0.1) is 0 Å². The zero-order valence-corrected chi connectivity index (χ0v) is 17.4. The third-order valence-corrected chi connectivity index (χ3v) is 6.53. The highest BCUT2D eigenvalue weighted by molar-refractivity contribution is 5.84. The second-order valence-corrected chi connectivity index (χ2v) is 8.16. The molecule has 1 aromatic carbocycles. The Bertz CT molecular complexity index is 974. The van der Waals surface area contributed by atoms with E-state index in [1.165, 1.54) is 6.92 Å². The van der Waals surface area contributed by atoms with Gasteiger partial charge in [0.05, 0.1) is 18.7 Å². The van der Waals surface area contributed by atoms with E-state index >= 15 is 0 Å². The van der Waals surface area contributed by atoms with Crippen molar-refractivity contribution in [3.05, 3.63) is 46.5 Å². The van der Waals surface area contributed by atoms with Gasteiger partial charge in [-0.2, -0.15) is 0 Å². The molecule has 0 amide bonds. The largest absolute Gasteiger partial charge is 0.497 e. The van der Waals surface area contributed by atoms with Gasteiger partial charge in [0.15, 0.2) is 0 Å². The minimum atomic E-state index is -0.360. The maximum absolute atomic E-state index is 12.0. The molecule has 2 bridgehead atoms. The van der Waals surface area contributed by atoms with E-state index in [0.717, 1.165) is 54.6 Å². The molecular formula is C22H27N5O3. The summed E-state index contributed by atoms with van der Waals surface area (Å²) in [5, 5.41) is 4.66. The summed E-state index contributed by atoms with van der Waals surface area (Å²) in [4.78, 5) is 21.8. The van der Waals surface area contributed by atoms with Crippen molar-refractivity contribution >= 4 is 16.9 Å². The number of aromatic nitrogens is 1. The number of esters is 1. The summed E-state index contributed by atoms with van der Waals surface area (Å²) in [7, 11) is 1.64. The van der Waals surface area contributed by atoms with Crippen LogP contribution in [0.2, 0.25) is 0 Å². The molecule has 8 heteroatoms. The number of rotatable bonds is 7. The third kappa shape index (κ3) is 4.06. The van der Waals surface area contributed by atoms with Crippen LogP contribution in [-0.2, 0) is 9.53 Å². The number of methoxy groups -OCH3 is 1. The van der Waals surface area contributed by atoms with Crippen molar-refractivity contribution in [3.8, 4) is 5.75 Å². The fourth-order valence-electron chi connectivity index (χ4n) is 5.14. The average Bonchev–Trinajstić information content (AvgIpc) is 2.77. The zero-order chi connectivity index (χ0) is 21.1. The van der Waals surface area contributed by atoms with E-state index in [-0.39, 0.29) is 18.1 Å². The Labute approximate surface area is 175 Å². The molecule has 0 aliphatic carbocycles. The number of benzene rings is 1. The lowest BCUT2D eigenvalue weighted by atomic mass is 9.72. The number of nitrogens with zero attached hydrogens (tertiary/aromatic N) is 5. The van der Waals surface area contributed by atoms with Crippen LogP contribution < -0.4 is 4.74 Å². The number of carbonyl (C=O) groups is 1. The number of pyridine rings is 1. The second kappa shape index (κ2) is 8.90. The van der Waals surface area contributed by atoms with Gasteiger partial charge in [0.25, 0.3) is 0 Å². The van der Waals surface area contributed by atoms with Gasteiger partial charge < -0.3 is 9.47 Å². The quantitative estimate of drug-likeness (QED) is 0.294. The Balaban J connectivity index is 1.66. The Kier molecular flexibility index (Phi) is 6.06. The number of carbonyl (C=O) groups excluding carboxylic acids is 1. The molecule has 30 heavy (non-hydrogen) atoms. The van der Waals surface area contributed by atoms with E-state index in [9.17, 15) is 4.79 Å². The maximum Gasteiger partial charge on any atom is 0.303 e. The Morgan fingerprint density at radius 3 is 3.00 bits per heavy atom. The molecule has 3 aliphatic rings. The van der Waals surface area contributed by atoms with Gasteiger partial charge in [0.2, 0.25) is 0 Å². The van der Waals surface area contributed by atoms with Crippen LogP contribution in [0.4, 0.5) is 0 Å². The monoisotopic (exact) mass is 409 g/mol. The van der Waals surface area contributed by atoms with Crippen LogP contribution in [0, 0.1) is 11.8 Å². The molecular weight excluding hydrogens is 382 g/mol. The van der Waals surface area contributed by atoms with Crippen LogP contribution >= 0.6 is 0 Å². The van der Waals surface area contributed by atoms with Crippen molar-refractivity contribution in [1.82, 2.24) is 9.88 Å². The molecule has 5 atom stereocenters. The molecule has 0 saturated carbocycles. The summed E-state index contributed by atoms with van der Waals surface area (Å²) >= 11 is 0. The first-order valence-corrected chi connectivity index (χ1v) is 10.5. The number of ether oxygens (including phenoxy) is 2. The molecule has 0 N–H and O–H groups in total. The highest BCUT2D eigenvalue weighted by Gasteiger charge is 2.44. The molecule has 1 unspecified atom stereocenters. The van der Waals surface area contributed by atoms with Crippen molar-refractivity contribution < 1.29 is 14.3 Å². The number of azide groups is 1. The van der Waals surface area contributed by atoms with E-state index in [2.05, 4.69) is 19.9 Å². The van der Waals surface area contributed by atoms with E-state index in [0.29, 0.717) is 18.4 Å². The molecule has 1 aromatic heterocycles. The minimum Gasteiger partial charge on any atom is -0.497 e. The SMILES string of the molecule is COc1ccc2nccc([C@@H](OC(C)=O)[C@@H]3C[C@@H]4CCN3C[C@@H]4CCN=[N+]=[N-])c2c1. The maximum atomic E-state index is 12.0. The van der Waals surface area contributed by atoms with E-state index < -0.39 is 0 Å².